The molecule has 0 aliphatic carbocycles. The Bertz CT molecular complexity index is 2310. The van der Waals surface area contributed by atoms with Crippen LogP contribution in [0.25, 0.3) is 80.7 Å². The largest absolute Gasteiger partial charge is 0.291 e. The molecule has 0 fully saturated rings. The zero-order valence-corrected chi connectivity index (χ0v) is 19.9. The highest BCUT2D eigenvalue weighted by Gasteiger charge is 2.22. The highest BCUT2D eigenvalue weighted by molar-refractivity contribution is 7.26. The summed E-state index contributed by atoms with van der Waals surface area (Å²) >= 11 is 1.87. The van der Waals surface area contributed by atoms with Gasteiger partial charge in [0.25, 0.3) is 0 Å². The van der Waals surface area contributed by atoms with Crippen molar-refractivity contribution >= 4 is 80.9 Å². The number of rotatable bonds is 1. The Labute approximate surface area is 209 Å². The normalized spacial score (nSPS) is 12.4. The maximum absolute atomic E-state index is 5.10. The molecule has 0 unspecified atom stereocenters. The fourth-order valence-corrected chi connectivity index (χ4v) is 7.07. The molecule has 0 atom stereocenters. The van der Waals surface area contributed by atoms with E-state index in [1.165, 1.54) is 53.1 Å². The summed E-state index contributed by atoms with van der Waals surface area (Å²) in [4.78, 5) is 10.1. The monoisotopic (exact) mass is 475 g/mol. The van der Waals surface area contributed by atoms with Crippen LogP contribution in [-0.2, 0) is 0 Å². The van der Waals surface area contributed by atoms with Gasteiger partial charge in [0, 0.05) is 36.3 Å². The van der Waals surface area contributed by atoms with Crippen molar-refractivity contribution in [1.29, 1.82) is 0 Å². The number of benzene rings is 5. The van der Waals surface area contributed by atoms with Crippen LogP contribution >= 0.6 is 11.3 Å². The average molecular weight is 476 g/mol. The molecular weight excluding hydrogens is 458 g/mol. The molecule has 36 heavy (non-hydrogen) atoms. The van der Waals surface area contributed by atoms with Crippen LogP contribution in [0.3, 0.4) is 0 Å². The van der Waals surface area contributed by atoms with Gasteiger partial charge in [0.15, 0.2) is 5.65 Å². The fourth-order valence-electron chi connectivity index (χ4n) is 5.97. The smallest absolute Gasteiger partial charge is 0.165 e. The van der Waals surface area contributed by atoms with E-state index in [0.717, 1.165) is 27.6 Å². The topological polar surface area (TPSA) is 30.2 Å². The highest BCUT2D eigenvalue weighted by Crippen LogP contribution is 2.45. The lowest BCUT2D eigenvalue weighted by atomic mass is 10.0. The predicted molar refractivity (Wildman–Crippen MR) is 153 cm³/mol. The molecule has 0 radical (unpaired) electrons. The molecule has 0 aliphatic rings. The summed E-state index contributed by atoms with van der Waals surface area (Å²) in [6.07, 6.45) is 0. The number of nitrogens with zero attached hydrogens (tertiary/aromatic N) is 3. The van der Waals surface area contributed by atoms with Crippen molar-refractivity contribution in [3.05, 3.63) is 103 Å². The second-order valence-corrected chi connectivity index (χ2v) is 10.5. The molecule has 4 heterocycles. The quantitative estimate of drug-likeness (QED) is 0.237. The minimum absolute atomic E-state index is 0.925. The summed E-state index contributed by atoms with van der Waals surface area (Å²) in [5.41, 5.74) is 8.65. The molecule has 0 bridgehead atoms. The maximum Gasteiger partial charge on any atom is 0.165 e. The molecule has 0 aliphatic heterocycles. The van der Waals surface area contributed by atoms with Crippen LogP contribution in [0.1, 0.15) is 0 Å². The van der Waals surface area contributed by atoms with E-state index in [9.17, 15) is 0 Å². The van der Waals surface area contributed by atoms with Crippen LogP contribution in [0.15, 0.2) is 103 Å². The second kappa shape index (κ2) is 6.56. The van der Waals surface area contributed by atoms with E-state index in [4.69, 9.17) is 9.97 Å². The second-order valence-electron chi connectivity index (χ2n) is 9.43. The summed E-state index contributed by atoms with van der Waals surface area (Å²) in [6.45, 7) is 0. The third kappa shape index (κ3) is 2.27. The van der Waals surface area contributed by atoms with Crippen LogP contribution in [-0.4, -0.2) is 14.4 Å². The Morgan fingerprint density at radius 2 is 1.33 bits per heavy atom. The van der Waals surface area contributed by atoms with Gasteiger partial charge in [-0.25, -0.2) is 9.97 Å². The van der Waals surface area contributed by atoms with E-state index in [2.05, 4.69) is 83.3 Å². The molecule has 0 saturated carbocycles. The van der Waals surface area contributed by atoms with Crippen LogP contribution in [0.5, 0.6) is 0 Å². The standard InChI is InChI=1S/C32H17N3S/c1-2-7-18(8-3-1)19-13-15-26-22(17-19)29-27(36-26)16-14-25-28(29)20-9-6-10-21-30-32(35(25)31(20)21)34-24-12-5-4-11-23(24)33-30/h1-17H. The maximum atomic E-state index is 5.10. The van der Waals surface area contributed by atoms with Gasteiger partial charge in [-0.3, -0.25) is 4.40 Å². The third-order valence-electron chi connectivity index (χ3n) is 7.51. The van der Waals surface area contributed by atoms with E-state index < -0.39 is 0 Å². The number of hydrogen-bond acceptors (Lipinski definition) is 3. The molecule has 4 aromatic heterocycles. The number of fused-ring (bicyclic) bond motifs is 11. The first kappa shape index (κ1) is 18.7. The number of hydrogen-bond donors (Lipinski definition) is 0. The van der Waals surface area contributed by atoms with Crippen molar-refractivity contribution in [2.45, 2.75) is 0 Å². The van der Waals surface area contributed by atoms with Crippen LogP contribution in [0, 0.1) is 0 Å². The lowest BCUT2D eigenvalue weighted by Gasteiger charge is -2.03. The third-order valence-corrected chi connectivity index (χ3v) is 8.65. The Balaban J connectivity index is 1.49. The first-order chi connectivity index (χ1) is 17.8. The number of thiophene rings is 1. The van der Waals surface area contributed by atoms with Gasteiger partial charge < -0.3 is 0 Å². The summed E-state index contributed by atoms with van der Waals surface area (Å²) in [5, 5.41) is 6.39. The minimum Gasteiger partial charge on any atom is -0.291 e. The van der Waals surface area contributed by atoms with E-state index in [-0.39, 0.29) is 0 Å². The van der Waals surface area contributed by atoms with Crippen molar-refractivity contribution in [1.82, 2.24) is 14.4 Å². The zero-order valence-electron chi connectivity index (χ0n) is 19.1. The first-order valence-electron chi connectivity index (χ1n) is 12.1. The first-order valence-corrected chi connectivity index (χ1v) is 12.9. The molecule has 5 aromatic carbocycles. The lowest BCUT2D eigenvalue weighted by molar-refractivity contribution is 1.28. The average Bonchev–Trinajstić information content (AvgIpc) is 3.58. The van der Waals surface area contributed by atoms with Gasteiger partial charge >= 0.3 is 0 Å². The summed E-state index contributed by atoms with van der Waals surface area (Å²) in [7, 11) is 0. The molecule has 0 saturated heterocycles. The van der Waals surface area contributed by atoms with Crippen molar-refractivity contribution < 1.29 is 0 Å². The van der Waals surface area contributed by atoms with E-state index in [1.807, 2.05) is 35.6 Å². The van der Waals surface area contributed by atoms with E-state index >= 15 is 0 Å². The van der Waals surface area contributed by atoms with Gasteiger partial charge in [0.2, 0.25) is 0 Å². The van der Waals surface area contributed by atoms with Crippen LogP contribution < -0.4 is 0 Å². The van der Waals surface area contributed by atoms with Gasteiger partial charge in [-0.05, 0) is 47.5 Å². The van der Waals surface area contributed by atoms with Crippen molar-refractivity contribution in [3.8, 4) is 11.1 Å². The molecule has 3 nitrogen and oxygen atoms in total. The van der Waals surface area contributed by atoms with Gasteiger partial charge in [0.05, 0.1) is 22.1 Å². The van der Waals surface area contributed by atoms with E-state index in [1.54, 1.807) is 0 Å². The Morgan fingerprint density at radius 3 is 2.22 bits per heavy atom. The van der Waals surface area contributed by atoms with Crippen LogP contribution in [0.2, 0.25) is 0 Å². The highest BCUT2D eigenvalue weighted by atomic mass is 32.1. The lowest BCUT2D eigenvalue weighted by Crippen LogP contribution is -1.88. The van der Waals surface area contributed by atoms with Crippen molar-refractivity contribution in [3.63, 3.8) is 0 Å². The van der Waals surface area contributed by atoms with E-state index in [0.29, 0.717) is 0 Å². The van der Waals surface area contributed by atoms with Gasteiger partial charge in [-0.1, -0.05) is 66.7 Å². The fraction of sp³-hybridized carbons (Fsp3) is 0. The molecule has 0 amide bonds. The molecule has 0 N–H and O–H groups in total. The number of aromatic nitrogens is 3. The molecule has 166 valence electrons. The van der Waals surface area contributed by atoms with Gasteiger partial charge in [-0.2, -0.15) is 0 Å². The van der Waals surface area contributed by atoms with Gasteiger partial charge in [-0.15, -0.1) is 11.3 Å². The minimum atomic E-state index is 0.925. The summed E-state index contributed by atoms with van der Waals surface area (Å²) < 4.78 is 4.97. The molecule has 0 spiro atoms. The van der Waals surface area contributed by atoms with Crippen molar-refractivity contribution in [2.75, 3.05) is 0 Å². The Morgan fingerprint density at radius 1 is 0.556 bits per heavy atom. The number of para-hydroxylation sites is 3. The molecular formula is C32H17N3S. The van der Waals surface area contributed by atoms with Crippen molar-refractivity contribution in [2.24, 2.45) is 0 Å². The zero-order chi connectivity index (χ0) is 23.4. The molecule has 9 aromatic rings. The Hall–Kier alpha value is -4.54. The summed E-state index contributed by atoms with van der Waals surface area (Å²) in [5.74, 6) is 0. The summed E-state index contributed by atoms with van der Waals surface area (Å²) in [6, 6.07) is 36.8. The Kier molecular flexibility index (Phi) is 3.42. The van der Waals surface area contributed by atoms with Gasteiger partial charge in [0.1, 0.15) is 5.52 Å². The SMILES string of the molecule is c1ccc(-c2ccc3sc4ccc5c(c6cccc7c8nc9ccccc9nc8n5c76)c4c3c2)cc1. The molecule has 4 heteroatoms. The van der Waals surface area contributed by atoms with Crippen LogP contribution in [0.4, 0.5) is 0 Å². The predicted octanol–water partition coefficient (Wildman–Crippen LogP) is 8.81. The molecule has 9 rings (SSSR count).